The smallest absolute Gasteiger partial charge is 0.212 e. The lowest BCUT2D eigenvalue weighted by Gasteiger charge is -2.01. The number of rotatable bonds is 3. The summed E-state index contributed by atoms with van der Waals surface area (Å²) in [4.78, 5) is 5.42. The van der Waals surface area contributed by atoms with Crippen LogP contribution in [0.3, 0.4) is 0 Å². The van der Waals surface area contributed by atoms with Crippen molar-refractivity contribution < 1.29 is 4.74 Å². The van der Waals surface area contributed by atoms with Gasteiger partial charge in [-0.25, -0.2) is 9.50 Å². The van der Waals surface area contributed by atoms with Crippen molar-refractivity contribution in [1.29, 1.82) is 0 Å². The highest BCUT2D eigenvalue weighted by Crippen LogP contribution is 2.26. The Kier molecular flexibility index (Phi) is 4.27. The van der Waals surface area contributed by atoms with Crippen molar-refractivity contribution in [1.82, 2.24) is 14.6 Å². The second-order valence-electron chi connectivity index (χ2n) is 4.31. The van der Waals surface area contributed by atoms with E-state index in [2.05, 4.69) is 10.1 Å². The average Bonchev–Trinajstić information content (AvgIpc) is 2.96. The number of nitrogens with zero attached hydrogens (tertiary/aromatic N) is 3. The standard InChI is InChI=1S/C13H14N4OS.ClH/c1-8(14)12-16-17-7-11(15-13(17)19-12)9-4-3-5-10(6-9)18-2;/h3-8H,14H2,1-2H3;1H. The molecule has 5 nitrogen and oxygen atoms in total. The van der Waals surface area contributed by atoms with E-state index in [1.54, 1.807) is 11.6 Å². The molecule has 7 heteroatoms. The second kappa shape index (κ2) is 5.78. The van der Waals surface area contributed by atoms with Gasteiger partial charge in [-0.05, 0) is 19.1 Å². The quantitative estimate of drug-likeness (QED) is 0.808. The molecular weight excluding hydrogens is 296 g/mol. The Morgan fingerprint density at radius 1 is 1.40 bits per heavy atom. The molecule has 3 rings (SSSR count). The number of halogens is 1. The normalized spacial score (nSPS) is 12.2. The molecule has 0 aliphatic heterocycles. The van der Waals surface area contributed by atoms with Gasteiger partial charge in [0, 0.05) is 5.56 Å². The third-order valence-corrected chi connectivity index (χ3v) is 3.94. The monoisotopic (exact) mass is 310 g/mol. The number of hydrogen-bond acceptors (Lipinski definition) is 5. The van der Waals surface area contributed by atoms with Crippen molar-refractivity contribution in [2.75, 3.05) is 7.11 Å². The lowest BCUT2D eigenvalue weighted by atomic mass is 10.1. The minimum absolute atomic E-state index is 0. The third-order valence-electron chi connectivity index (χ3n) is 2.81. The van der Waals surface area contributed by atoms with Crippen LogP contribution in [0.1, 0.15) is 18.0 Å². The molecule has 0 fully saturated rings. The minimum Gasteiger partial charge on any atom is -0.497 e. The summed E-state index contributed by atoms with van der Waals surface area (Å²) in [6.45, 7) is 1.92. The van der Waals surface area contributed by atoms with Crippen LogP contribution in [0.4, 0.5) is 0 Å². The van der Waals surface area contributed by atoms with E-state index in [1.165, 1.54) is 11.3 Å². The number of methoxy groups -OCH3 is 1. The average molecular weight is 311 g/mol. The van der Waals surface area contributed by atoms with E-state index in [1.807, 2.05) is 37.4 Å². The van der Waals surface area contributed by atoms with Crippen molar-refractivity contribution in [2.45, 2.75) is 13.0 Å². The Morgan fingerprint density at radius 2 is 2.20 bits per heavy atom. The van der Waals surface area contributed by atoms with Crippen molar-refractivity contribution in [3.8, 4) is 17.0 Å². The van der Waals surface area contributed by atoms with E-state index in [-0.39, 0.29) is 18.4 Å². The molecule has 2 aromatic heterocycles. The molecule has 0 aliphatic carbocycles. The van der Waals surface area contributed by atoms with Crippen molar-refractivity contribution >= 4 is 28.7 Å². The van der Waals surface area contributed by atoms with Crippen LogP contribution < -0.4 is 10.5 Å². The first-order valence-electron chi connectivity index (χ1n) is 5.93. The highest BCUT2D eigenvalue weighted by atomic mass is 35.5. The largest absolute Gasteiger partial charge is 0.497 e. The van der Waals surface area contributed by atoms with Gasteiger partial charge >= 0.3 is 0 Å². The van der Waals surface area contributed by atoms with Gasteiger partial charge in [-0.2, -0.15) is 5.10 Å². The number of imidazole rings is 1. The second-order valence-corrected chi connectivity index (χ2v) is 5.30. The topological polar surface area (TPSA) is 65.4 Å². The summed E-state index contributed by atoms with van der Waals surface area (Å²) in [6.07, 6.45) is 1.91. The molecule has 20 heavy (non-hydrogen) atoms. The summed E-state index contributed by atoms with van der Waals surface area (Å²) in [7, 11) is 1.65. The zero-order valence-electron chi connectivity index (χ0n) is 11.1. The van der Waals surface area contributed by atoms with E-state index in [0.717, 1.165) is 27.0 Å². The molecule has 2 N–H and O–H groups in total. The summed E-state index contributed by atoms with van der Waals surface area (Å²) in [5.41, 5.74) is 7.71. The van der Waals surface area contributed by atoms with Crippen LogP contribution in [0, 0.1) is 0 Å². The van der Waals surface area contributed by atoms with E-state index in [9.17, 15) is 0 Å². The molecule has 0 amide bonds. The molecule has 1 atom stereocenters. The molecule has 2 heterocycles. The van der Waals surface area contributed by atoms with Crippen molar-refractivity contribution in [3.05, 3.63) is 35.5 Å². The molecule has 0 bridgehead atoms. The summed E-state index contributed by atoms with van der Waals surface area (Å²) in [5, 5.41) is 5.31. The summed E-state index contributed by atoms with van der Waals surface area (Å²) in [6, 6.07) is 7.75. The molecular formula is C13H15ClN4OS. The van der Waals surface area contributed by atoms with Crippen molar-refractivity contribution in [3.63, 3.8) is 0 Å². The zero-order valence-corrected chi connectivity index (χ0v) is 12.7. The SMILES string of the molecule is COc1cccc(-c2cn3nc(C(C)N)sc3n2)c1.Cl. The Morgan fingerprint density at radius 3 is 2.85 bits per heavy atom. The first-order chi connectivity index (χ1) is 9.17. The van der Waals surface area contributed by atoms with Gasteiger partial charge in [0.1, 0.15) is 10.8 Å². The van der Waals surface area contributed by atoms with Crippen LogP contribution in [0.15, 0.2) is 30.5 Å². The fraction of sp³-hybridized carbons (Fsp3) is 0.231. The van der Waals surface area contributed by atoms with Gasteiger partial charge in [-0.15, -0.1) is 12.4 Å². The minimum atomic E-state index is -0.0630. The third kappa shape index (κ3) is 2.63. The number of hydrogen-bond donors (Lipinski definition) is 1. The maximum absolute atomic E-state index is 5.81. The number of fused-ring (bicyclic) bond motifs is 1. The van der Waals surface area contributed by atoms with E-state index in [0.29, 0.717) is 0 Å². The summed E-state index contributed by atoms with van der Waals surface area (Å²) >= 11 is 1.52. The first-order valence-corrected chi connectivity index (χ1v) is 6.75. The van der Waals surface area contributed by atoms with Crippen LogP contribution in [0.25, 0.3) is 16.2 Å². The predicted octanol–water partition coefficient (Wildman–Crippen LogP) is 2.91. The van der Waals surface area contributed by atoms with Crippen LogP contribution >= 0.6 is 23.7 Å². The number of aromatic nitrogens is 3. The molecule has 1 aromatic carbocycles. The number of nitrogens with two attached hydrogens (primary N) is 1. The Labute approximate surface area is 126 Å². The molecule has 0 saturated carbocycles. The first kappa shape index (κ1) is 14.8. The fourth-order valence-corrected chi connectivity index (χ4v) is 2.65. The number of ether oxygens (including phenoxy) is 1. The van der Waals surface area contributed by atoms with E-state index >= 15 is 0 Å². The van der Waals surface area contributed by atoms with Crippen LogP contribution in [-0.2, 0) is 0 Å². The molecule has 0 spiro atoms. The molecule has 0 radical (unpaired) electrons. The summed E-state index contributed by atoms with van der Waals surface area (Å²) < 4.78 is 6.99. The molecule has 1 unspecified atom stereocenters. The predicted molar refractivity (Wildman–Crippen MR) is 82.7 cm³/mol. The Hall–Kier alpha value is -1.63. The molecule has 0 aliphatic rings. The van der Waals surface area contributed by atoms with Gasteiger partial charge in [0.25, 0.3) is 0 Å². The Bertz CT molecular complexity index is 691. The molecule has 0 saturated heterocycles. The molecule has 106 valence electrons. The summed E-state index contributed by atoms with van der Waals surface area (Å²) in [5.74, 6) is 0.818. The van der Waals surface area contributed by atoms with Crippen LogP contribution in [-0.4, -0.2) is 21.7 Å². The zero-order chi connectivity index (χ0) is 13.4. The van der Waals surface area contributed by atoms with Gasteiger partial charge in [-0.1, -0.05) is 23.5 Å². The van der Waals surface area contributed by atoms with E-state index < -0.39 is 0 Å². The van der Waals surface area contributed by atoms with Crippen molar-refractivity contribution in [2.24, 2.45) is 5.73 Å². The van der Waals surface area contributed by atoms with Crippen LogP contribution in [0.2, 0.25) is 0 Å². The highest BCUT2D eigenvalue weighted by Gasteiger charge is 2.12. The van der Waals surface area contributed by atoms with Crippen LogP contribution in [0.5, 0.6) is 5.75 Å². The number of benzene rings is 1. The van der Waals surface area contributed by atoms with Gasteiger partial charge in [0.05, 0.1) is 25.0 Å². The lowest BCUT2D eigenvalue weighted by Crippen LogP contribution is -2.04. The fourth-order valence-electron chi connectivity index (χ4n) is 1.82. The van der Waals surface area contributed by atoms with Gasteiger partial charge in [-0.3, -0.25) is 0 Å². The van der Waals surface area contributed by atoms with Gasteiger partial charge in [0.2, 0.25) is 4.96 Å². The van der Waals surface area contributed by atoms with E-state index in [4.69, 9.17) is 10.5 Å². The highest BCUT2D eigenvalue weighted by molar-refractivity contribution is 7.16. The maximum Gasteiger partial charge on any atom is 0.212 e. The Balaban J connectivity index is 0.00000147. The lowest BCUT2D eigenvalue weighted by molar-refractivity contribution is 0.415. The maximum atomic E-state index is 5.81. The molecule has 3 aromatic rings. The van der Waals surface area contributed by atoms with Gasteiger partial charge in [0.15, 0.2) is 0 Å². The van der Waals surface area contributed by atoms with Gasteiger partial charge < -0.3 is 10.5 Å².